The number of hydrogen-bond donors (Lipinski definition) is 1. The zero-order chi connectivity index (χ0) is 12.7. The lowest BCUT2D eigenvalue weighted by Crippen LogP contribution is -2.16. The number of aryl methyl sites for hydroxylation is 1. The second-order valence-electron chi connectivity index (χ2n) is 4.62. The smallest absolute Gasteiger partial charge is 0.229 e. The number of carbonyl (C=O) groups is 1. The molecule has 0 radical (unpaired) electrons. The van der Waals surface area contributed by atoms with Gasteiger partial charge in [-0.15, -0.1) is 0 Å². The van der Waals surface area contributed by atoms with Crippen LogP contribution in [0, 0.1) is 6.92 Å². The Hall–Kier alpha value is -2.20. The third-order valence-electron chi connectivity index (χ3n) is 3.33. The van der Waals surface area contributed by atoms with Gasteiger partial charge in [0.1, 0.15) is 11.9 Å². The molecule has 0 bridgehead atoms. The summed E-state index contributed by atoms with van der Waals surface area (Å²) in [5.41, 5.74) is 12.3. The summed E-state index contributed by atoms with van der Waals surface area (Å²) in [5.74, 6) is 0.802. The Morgan fingerprint density at radius 3 is 3.28 bits per heavy atom. The van der Waals surface area contributed by atoms with Gasteiger partial charge in [0.2, 0.25) is 5.91 Å². The predicted molar refractivity (Wildman–Crippen MR) is 65.6 cm³/mol. The minimum absolute atomic E-state index is 0.00333. The summed E-state index contributed by atoms with van der Waals surface area (Å²) >= 11 is 0. The molecule has 0 aromatic heterocycles. The Morgan fingerprint density at radius 2 is 2.50 bits per heavy atom. The molecule has 1 aromatic rings. The van der Waals surface area contributed by atoms with Gasteiger partial charge in [-0.05, 0) is 23.6 Å². The van der Waals surface area contributed by atoms with E-state index in [4.69, 9.17) is 10.3 Å². The normalized spacial score (nSPS) is 19.6. The van der Waals surface area contributed by atoms with Crippen LogP contribution in [0.2, 0.25) is 0 Å². The molecule has 0 saturated heterocycles. The maximum atomic E-state index is 11.5. The van der Waals surface area contributed by atoms with Crippen molar-refractivity contribution < 1.29 is 9.53 Å². The van der Waals surface area contributed by atoms with Crippen LogP contribution in [0.4, 0.5) is 5.69 Å². The SMILES string of the molecule is Cc1cc2c(c3c1NC(=O)C3)OC(CN=[N+]=[N-])C2. The highest BCUT2D eigenvalue weighted by molar-refractivity contribution is 6.01. The first-order chi connectivity index (χ1) is 8.69. The molecule has 3 rings (SSSR count). The van der Waals surface area contributed by atoms with Gasteiger partial charge in [0.05, 0.1) is 18.7 Å². The number of nitrogens with zero attached hydrogens (tertiary/aromatic N) is 3. The van der Waals surface area contributed by atoms with Crippen molar-refractivity contribution in [1.29, 1.82) is 0 Å². The van der Waals surface area contributed by atoms with E-state index in [2.05, 4.69) is 15.3 Å². The topological polar surface area (TPSA) is 87.1 Å². The van der Waals surface area contributed by atoms with Gasteiger partial charge in [0.15, 0.2) is 0 Å². The van der Waals surface area contributed by atoms with E-state index in [1.165, 1.54) is 0 Å². The van der Waals surface area contributed by atoms with Gasteiger partial charge in [-0.3, -0.25) is 4.79 Å². The molecule has 18 heavy (non-hydrogen) atoms. The van der Waals surface area contributed by atoms with Crippen LogP contribution in [0.25, 0.3) is 10.4 Å². The van der Waals surface area contributed by atoms with E-state index in [0.717, 1.165) is 34.5 Å². The van der Waals surface area contributed by atoms with Crippen LogP contribution in [0.1, 0.15) is 16.7 Å². The monoisotopic (exact) mass is 244 g/mol. The quantitative estimate of drug-likeness (QED) is 0.490. The van der Waals surface area contributed by atoms with Gasteiger partial charge in [-0.2, -0.15) is 0 Å². The molecule has 1 amide bonds. The van der Waals surface area contributed by atoms with Crippen molar-refractivity contribution >= 4 is 11.6 Å². The minimum atomic E-state index is -0.113. The number of benzene rings is 1. The maximum absolute atomic E-state index is 11.5. The number of amides is 1. The molecule has 2 heterocycles. The molecule has 2 aliphatic heterocycles. The van der Waals surface area contributed by atoms with Crippen LogP contribution in [0.3, 0.4) is 0 Å². The highest BCUT2D eigenvalue weighted by Gasteiger charge is 2.31. The van der Waals surface area contributed by atoms with Crippen molar-refractivity contribution in [1.82, 2.24) is 0 Å². The van der Waals surface area contributed by atoms with Crippen molar-refractivity contribution in [3.63, 3.8) is 0 Å². The van der Waals surface area contributed by atoms with E-state index < -0.39 is 0 Å². The van der Waals surface area contributed by atoms with E-state index in [0.29, 0.717) is 13.0 Å². The number of rotatable bonds is 2. The minimum Gasteiger partial charge on any atom is -0.489 e. The molecule has 0 saturated carbocycles. The fourth-order valence-electron chi connectivity index (χ4n) is 2.61. The number of anilines is 1. The Morgan fingerprint density at radius 1 is 1.67 bits per heavy atom. The van der Waals surface area contributed by atoms with Gasteiger partial charge in [-0.25, -0.2) is 0 Å². The van der Waals surface area contributed by atoms with Crippen LogP contribution < -0.4 is 10.1 Å². The van der Waals surface area contributed by atoms with Crippen LogP contribution in [0.5, 0.6) is 5.75 Å². The maximum Gasteiger partial charge on any atom is 0.229 e. The molecule has 6 heteroatoms. The number of ether oxygens (including phenoxy) is 1. The number of fused-ring (bicyclic) bond motifs is 3. The van der Waals surface area contributed by atoms with Crippen LogP contribution in [-0.2, 0) is 17.6 Å². The van der Waals surface area contributed by atoms with E-state index in [1.807, 2.05) is 13.0 Å². The number of azide groups is 1. The third kappa shape index (κ3) is 1.58. The number of carbonyl (C=O) groups excluding carboxylic acids is 1. The summed E-state index contributed by atoms with van der Waals surface area (Å²) in [5, 5.41) is 6.39. The first kappa shape index (κ1) is 10.9. The zero-order valence-electron chi connectivity index (χ0n) is 9.93. The first-order valence-corrected chi connectivity index (χ1v) is 5.81. The Kier molecular flexibility index (Phi) is 2.38. The van der Waals surface area contributed by atoms with Crippen LogP contribution >= 0.6 is 0 Å². The lowest BCUT2D eigenvalue weighted by molar-refractivity contribution is -0.115. The van der Waals surface area contributed by atoms with Gasteiger partial charge in [0, 0.05) is 16.9 Å². The van der Waals surface area contributed by atoms with Crippen molar-refractivity contribution in [3.8, 4) is 5.75 Å². The van der Waals surface area contributed by atoms with Crippen LogP contribution in [-0.4, -0.2) is 18.6 Å². The fraction of sp³-hybridized carbons (Fsp3) is 0.417. The van der Waals surface area contributed by atoms with E-state index in [9.17, 15) is 4.79 Å². The lowest BCUT2D eigenvalue weighted by Gasteiger charge is -2.10. The summed E-state index contributed by atoms with van der Waals surface area (Å²) in [7, 11) is 0. The molecule has 0 spiro atoms. The van der Waals surface area contributed by atoms with E-state index in [1.54, 1.807) is 0 Å². The highest BCUT2D eigenvalue weighted by atomic mass is 16.5. The molecule has 1 atom stereocenters. The van der Waals surface area contributed by atoms with Crippen molar-refractivity contribution in [3.05, 3.63) is 33.2 Å². The summed E-state index contributed by atoms with van der Waals surface area (Å²) in [6, 6.07) is 2.04. The molecule has 2 aliphatic rings. The van der Waals surface area contributed by atoms with Gasteiger partial charge < -0.3 is 10.1 Å². The molecule has 0 aliphatic carbocycles. The van der Waals surface area contributed by atoms with Crippen molar-refractivity contribution in [2.45, 2.75) is 25.9 Å². The molecule has 1 unspecified atom stereocenters. The second kappa shape index (κ2) is 3.92. The Balaban J connectivity index is 1.97. The first-order valence-electron chi connectivity index (χ1n) is 5.81. The number of nitrogens with one attached hydrogen (secondary N) is 1. The summed E-state index contributed by atoms with van der Waals surface area (Å²) in [6.07, 6.45) is 0.988. The van der Waals surface area contributed by atoms with Gasteiger partial charge in [-0.1, -0.05) is 11.2 Å². The molecule has 1 aromatic carbocycles. The average molecular weight is 244 g/mol. The summed E-state index contributed by atoms with van der Waals surface area (Å²) in [6.45, 7) is 2.30. The molecule has 92 valence electrons. The largest absolute Gasteiger partial charge is 0.489 e. The molecular weight excluding hydrogens is 232 g/mol. The Bertz CT molecular complexity index is 590. The molecule has 1 N–H and O–H groups in total. The van der Waals surface area contributed by atoms with E-state index >= 15 is 0 Å². The Labute approximate surface area is 104 Å². The lowest BCUT2D eigenvalue weighted by atomic mass is 10.0. The third-order valence-corrected chi connectivity index (χ3v) is 3.33. The molecular formula is C12H12N4O2. The average Bonchev–Trinajstić information content (AvgIpc) is 2.89. The summed E-state index contributed by atoms with van der Waals surface area (Å²) < 4.78 is 5.80. The predicted octanol–water partition coefficient (Wildman–Crippen LogP) is 2.10. The zero-order valence-corrected chi connectivity index (χ0v) is 9.93. The van der Waals surface area contributed by atoms with Crippen molar-refractivity contribution in [2.24, 2.45) is 5.11 Å². The van der Waals surface area contributed by atoms with Crippen LogP contribution in [0.15, 0.2) is 11.2 Å². The van der Waals surface area contributed by atoms with Gasteiger partial charge >= 0.3 is 0 Å². The number of hydrogen-bond acceptors (Lipinski definition) is 3. The molecule has 0 fully saturated rings. The van der Waals surface area contributed by atoms with E-state index in [-0.39, 0.29) is 12.0 Å². The highest BCUT2D eigenvalue weighted by Crippen LogP contribution is 2.41. The van der Waals surface area contributed by atoms with Crippen molar-refractivity contribution in [2.75, 3.05) is 11.9 Å². The fourth-order valence-corrected chi connectivity index (χ4v) is 2.61. The molecule has 6 nitrogen and oxygen atoms in total. The standard InChI is InChI=1S/C12H12N4O2/c1-6-2-7-3-8(5-14-16-13)18-12(7)9-4-10(17)15-11(6)9/h2,8H,3-5H2,1H3,(H,15,17). The van der Waals surface area contributed by atoms with Gasteiger partial charge in [0.25, 0.3) is 0 Å². The summed E-state index contributed by atoms with van der Waals surface area (Å²) in [4.78, 5) is 14.2. The second-order valence-corrected chi connectivity index (χ2v) is 4.62.